The number of hydrogen-bond acceptors (Lipinski definition) is 8. The van der Waals surface area contributed by atoms with E-state index in [1.807, 2.05) is 27.7 Å². The van der Waals surface area contributed by atoms with Crippen LogP contribution < -0.4 is 4.90 Å². The Balaban J connectivity index is 1.73. The Kier molecular flexibility index (Phi) is 5.07. The quantitative estimate of drug-likeness (QED) is 0.753. The minimum atomic E-state index is -3.75. The molecule has 2 saturated heterocycles. The second kappa shape index (κ2) is 7.25. The van der Waals surface area contributed by atoms with Gasteiger partial charge in [0, 0.05) is 26.2 Å². The maximum atomic E-state index is 13.3. The summed E-state index contributed by atoms with van der Waals surface area (Å²) in [6.07, 6.45) is -0.197. The average Bonchev–Trinajstić information content (AvgIpc) is 3.08. The van der Waals surface area contributed by atoms with Crippen molar-refractivity contribution in [2.75, 3.05) is 31.1 Å². The van der Waals surface area contributed by atoms with E-state index < -0.39 is 10.0 Å². The van der Waals surface area contributed by atoms with Crippen molar-refractivity contribution < 1.29 is 22.5 Å². The standard InChI is InChI=1S/C18H26N4O5S/c1-11-7-21(8-12(2)25-11)15-5-6-16(18-17(15)19-27-20-18)28(23,24)22-9-13(3)26-14(4)10-22/h5-6,11-14H,7-10H2,1-4H3/t11-,12-,13+,14+/m1/s1. The summed E-state index contributed by atoms with van der Waals surface area (Å²) >= 11 is 0. The van der Waals surface area contributed by atoms with E-state index in [0.29, 0.717) is 31.7 Å². The third-order valence-corrected chi connectivity index (χ3v) is 6.98. The van der Waals surface area contributed by atoms with Gasteiger partial charge in [-0.25, -0.2) is 13.0 Å². The second-order valence-electron chi connectivity index (χ2n) is 7.79. The van der Waals surface area contributed by atoms with Crippen molar-refractivity contribution >= 4 is 26.7 Å². The largest absolute Gasteiger partial charge is 0.373 e. The van der Waals surface area contributed by atoms with Crippen molar-refractivity contribution in [3.63, 3.8) is 0 Å². The summed E-state index contributed by atoms with van der Waals surface area (Å²) < 4.78 is 44.5. The number of hydrogen-bond donors (Lipinski definition) is 0. The van der Waals surface area contributed by atoms with Gasteiger partial charge in [-0.3, -0.25) is 0 Å². The highest BCUT2D eigenvalue weighted by Crippen LogP contribution is 2.33. The normalized spacial score (nSPS) is 30.1. The summed E-state index contributed by atoms with van der Waals surface area (Å²) in [5.74, 6) is 0. The van der Waals surface area contributed by atoms with Gasteiger partial charge in [0.25, 0.3) is 0 Å². The van der Waals surface area contributed by atoms with Gasteiger partial charge in [-0.2, -0.15) is 4.31 Å². The zero-order valence-electron chi connectivity index (χ0n) is 16.5. The third kappa shape index (κ3) is 3.49. The van der Waals surface area contributed by atoms with Gasteiger partial charge in [-0.1, -0.05) is 0 Å². The molecule has 10 heteroatoms. The van der Waals surface area contributed by atoms with Crippen LogP contribution in [-0.4, -0.2) is 73.6 Å². The number of fused-ring (bicyclic) bond motifs is 1. The molecule has 1 aromatic heterocycles. The second-order valence-corrected chi connectivity index (χ2v) is 9.69. The number of benzene rings is 1. The molecular formula is C18H26N4O5S. The highest BCUT2D eigenvalue weighted by atomic mass is 32.2. The molecule has 0 spiro atoms. The van der Waals surface area contributed by atoms with Gasteiger partial charge in [-0.05, 0) is 50.1 Å². The van der Waals surface area contributed by atoms with Gasteiger partial charge >= 0.3 is 0 Å². The van der Waals surface area contributed by atoms with Gasteiger partial charge in [0.2, 0.25) is 10.0 Å². The molecule has 2 fully saturated rings. The van der Waals surface area contributed by atoms with Crippen molar-refractivity contribution in [1.29, 1.82) is 0 Å². The first kappa shape index (κ1) is 19.6. The minimum absolute atomic E-state index is 0.0680. The van der Waals surface area contributed by atoms with E-state index in [2.05, 4.69) is 15.2 Å². The van der Waals surface area contributed by atoms with Gasteiger partial charge in [0.15, 0.2) is 11.0 Å². The Labute approximate surface area is 164 Å². The molecule has 0 bridgehead atoms. The van der Waals surface area contributed by atoms with Crippen LogP contribution in [0.25, 0.3) is 11.0 Å². The van der Waals surface area contributed by atoms with E-state index in [1.54, 1.807) is 12.1 Å². The van der Waals surface area contributed by atoms with E-state index in [4.69, 9.17) is 14.1 Å². The number of nitrogens with zero attached hydrogens (tertiary/aromatic N) is 4. The number of rotatable bonds is 3. The molecule has 0 amide bonds. The van der Waals surface area contributed by atoms with Crippen molar-refractivity contribution in [3.05, 3.63) is 12.1 Å². The van der Waals surface area contributed by atoms with Crippen LogP contribution in [0.4, 0.5) is 5.69 Å². The van der Waals surface area contributed by atoms with Crippen LogP contribution in [0.15, 0.2) is 21.7 Å². The van der Waals surface area contributed by atoms with E-state index in [9.17, 15) is 8.42 Å². The number of ether oxygens (including phenoxy) is 2. The smallest absolute Gasteiger partial charge is 0.245 e. The maximum Gasteiger partial charge on any atom is 0.245 e. The van der Waals surface area contributed by atoms with E-state index in [-0.39, 0.29) is 34.8 Å². The number of aromatic nitrogens is 2. The summed E-state index contributed by atoms with van der Waals surface area (Å²) in [6.45, 7) is 9.76. The lowest BCUT2D eigenvalue weighted by molar-refractivity contribution is -0.0440. The Morgan fingerprint density at radius 3 is 2.00 bits per heavy atom. The fourth-order valence-corrected chi connectivity index (χ4v) is 5.84. The third-order valence-electron chi connectivity index (χ3n) is 5.12. The fourth-order valence-electron chi connectivity index (χ4n) is 4.13. The summed E-state index contributed by atoms with van der Waals surface area (Å²) in [5, 5.41) is 7.95. The predicted molar refractivity (Wildman–Crippen MR) is 103 cm³/mol. The zero-order valence-corrected chi connectivity index (χ0v) is 17.3. The van der Waals surface area contributed by atoms with Crippen molar-refractivity contribution in [2.24, 2.45) is 0 Å². The van der Waals surface area contributed by atoms with Gasteiger partial charge in [-0.15, -0.1) is 0 Å². The lowest BCUT2D eigenvalue weighted by atomic mass is 10.2. The van der Waals surface area contributed by atoms with Crippen molar-refractivity contribution in [3.8, 4) is 0 Å². The molecule has 2 aromatic rings. The van der Waals surface area contributed by atoms with Gasteiger partial charge < -0.3 is 14.4 Å². The van der Waals surface area contributed by atoms with E-state index in [0.717, 1.165) is 5.69 Å². The van der Waals surface area contributed by atoms with Crippen LogP contribution in [0, 0.1) is 0 Å². The molecule has 154 valence electrons. The lowest BCUT2D eigenvalue weighted by Crippen LogP contribution is -2.48. The van der Waals surface area contributed by atoms with Crippen LogP contribution in [-0.2, 0) is 19.5 Å². The van der Waals surface area contributed by atoms with E-state index in [1.165, 1.54) is 4.31 Å². The first-order chi connectivity index (χ1) is 13.3. The monoisotopic (exact) mass is 410 g/mol. The Hall–Kier alpha value is -1.75. The number of sulfonamides is 1. The van der Waals surface area contributed by atoms with E-state index >= 15 is 0 Å². The first-order valence-electron chi connectivity index (χ1n) is 9.57. The summed E-state index contributed by atoms with van der Waals surface area (Å²) in [4.78, 5) is 2.25. The highest BCUT2D eigenvalue weighted by molar-refractivity contribution is 7.89. The van der Waals surface area contributed by atoms with Gasteiger partial charge in [0.05, 0.1) is 30.1 Å². The SMILES string of the molecule is C[C@@H]1CN(c2ccc(S(=O)(=O)N3C[C@H](C)O[C@@H](C)C3)c3nonc23)C[C@@H](C)O1. The lowest BCUT2D eigenvalue weighted by Gasteiger charge is -2.37. The molecule has 0 saturated carbocycles. The molecule has 0 aliphatic carbocycles. The topological polar surface area (TPSA) is 98.0 Å². The zero-order chi connectivity index (χ0) is 20.1. The highest BCUT2D eigenvalue weighted by Gasteiger charge is 2.35. The number of morpholine rings is 2. The molecular weight excluding hydrogens is 384 g/mol. The molecule has 3 heterocycles. The number of anilines is 1. The predicted octanol–water partition coefficient (Wildman–Crippen LogP) is 1.63. The van der Waals surface area contributed by atoms with Crippen molar-refractivity contribution in [2.45, 2.75) is 57.0 Å². The molecule has 2 aliphatic rings. The maximum absolute atomic E-state index is 13.3. The fraction of sp³-hybridized carbons (Fsp3) is 0.667. The molecule has 4 atom stereocenters. The van der Waals surface area contributed by atoms with Crippen LogP contribution in [0.5, 0.6) is 0 Å². The Bertz CT molecular complexity index is 942. The molecule has 2 aliphatic heterocycles. The molecule has 0 radical (unpaired) electrons. The molecule has 4 rings (SSSR count). The molecule has 9 nitrogen and oxygen atoms in total. The van der Waals surface area contributed by atoms with Gasteiger partial charge in [0.1, 0.15) is 4.90 Å². The van der Waals surface area contributed by atoms with Crippen molar-refractivity contribution in [1.82, 2.24) is 14.6 Å². The average molecular weight is 410 g/mol. The molecule has 0 unspecified atom stereocenters. The Morgan fingerprint density at radius 2 is 1.39 bits per heavy atom. The molecule has 1 aromatic carbocycles. The first-order valence-corrected chi connectivity index (χ1v) is 11.0. The molecule has 0 N–H and O–H groups in total. The van der Waals surface area contributed by atoms with Crippen LogP contribution in [0.3, 0.4) is 0 Å². The van der Waals surface area contributed by atoms with Crippen LogP contribution in [0.2, 0.25) is 0 Å². The minimum Gasteiger partial charge on any atom is -0.373 e. The Morgan fingerprint density at radius 1 is 0.857 bits per heavy atom. The van der Waals surface area contributed by atoms with Crippen LogP contribution in [0.1, 0.15) is 27.7 Å². The summed E-state index contributed by atoms with van der Waals surface area (Å²) in [6, 6.07) is 3.39. The van der Waals surface area contributed by atoms with Crippen LogP contribution >= 0.6 is 0 Å². The molecule has 28 heavy (non-hydrogen) atoms. The summed E-state index contributed by atoms with van der Waals surface area (Å²) in [5.41, 5.74) is 1.52. The summed E-state index contributed by atoms with van der Waals surface area (Å²) in [7, 11) is -3.75.